The second kappa shape index (κ2) is 5.61. The van der Waals surface area contributed by atoms with Crippen molar-refractivity contribution < 1.29 is 9.59 Å². The van der Waals surface area contributed by atoms with Gasteiger partial charge >= 0.3 is 108 Å². The third kappa shape index (κ3) is 3.27. The monoisotopic (exact) mass is 296 g/mol. The Morgan fingerprint density at radius 2 is 1.94 bits per heavy atom. The zero-order valence-electron chi connectivity index (χ0n) is 9.94. The van der Waals surface area contributed by atoms with Gasteiger partial charge in [-0.15, -0.1) is 0 Å². The molecular formula is C14H16O2Se. The van der Waals surface area contributed by atoms with Gasteiger partial charge in [-0.1, -0.05) is 0 Å². The van der Waals surface area contributed by atoms with Crippen LogP contribution in [0.25, 0.3) is 0 Å². The van der Waals surface area contributed by atoms with Gasteiger partial charge in [0.1, 0.15) is 0 Å². The predicted octanol–water partition coefficient (Wildman–Crippen LogP) is 2.77. The van der Waals surface area contributed by atoms with E-state index in [1.165, 1.54) is 0 Å². The minimum atomic E-state index is -0.216. The molecule has 2 nitrogen and oxygen atoms in total. The summed E-state index contributed by atoms with van der Waals surface area (Å²) < 4.78 is 0.165. The van der Waals surface area contributed by atoms with Gasteiger partial charge in [0.15, 0.2) is 0 Å². The Balaban J connectivity index is 2.01. The SMILES string of the molecule is Cc1ccc(C(=O)[Se]C2CCCCC2=O)cc1. The summed E-state index contributed by atoms with van der Waals surface area (Å²) in [6.45, 7) is 2.00. The summed E-state index contributed by atoms with van der Waals surface area (Å²) in [6.07, 6.45) is 3.69. The summed E-state index contributed by atoms with van der Waals surface area (Å²) in [5.41, 5.74) is 1.91. The average molecular weight is 295 g/mol. The normalized spacial score (nSPS) is 20.3. The van der Waals surface area contributed by atoms with E-state index in [1.54, 1.807) is 0 Å². The van der Waals surface area contributed by atoms with Crippen LogP contribution in [0.15, 0.2) is 24.3 Å². The van der Waals surface area contributed by atoms with Crippen LogP contribution in [0.4, 0.5) is 0 Å². The van der Waals surface area contributed by atoms with Gasteiger partial charge in [-0.05, 0) is 0 Å². The third-order valence-electron chi connectivity index (χ3n) is 3.04. The summed E-state index contributed by atoms with van der Waals surface area (Å²) in [7, 11) is 0. The van der Waals surface area contributed by atoms with E-state index in [-0.39, 0.29) is 24.5 Å². The molecule has 0 N–H and O–H groups in total. The molecule has 90 valence electrons. The molecule has 1 aromatic carbocycles. The Morgan fingerprint density at radius 3 is 2.59 bits per heavy atom. The van der Waals surface area contributed by atoms with Crippen LogP contribution in [0.3, 0.4) is 0 Å². The zero-order valence-corrected chi connectivity index (χ0v) is 11.7. The Morgan fingerprint density at radius 1 is 1.24 bits per heavy atom. The first-order chi connectivity index (χ1) is 8.16. The maximum absolute atomic E-state index is 12.0. The van der Waals surface area contributed by atoms with Crippen molar-refractivity contribution in [2.45, 2.75) is 37.4 Å². The zero-order chi connectivity index (χ0) is 12.3. The van der Waals surface area contributed by atoms with E-state index in [4.69, 9.17) is 0 Å². The number of Topliss-reactive ketones (excluding diaryl/α,β-unsaturated/α-hetero) is 1. The first kappa shape index (κ1) is 12.5. The molecule has 0 spiro atoms. The molecule has 0 aliphatic heterocycles. The maximum atomic E-state index is 12.0. The number of benzene rings is 1. The van der Waals surface area contributed by atoms with Gasteiger partial charge in [-0.25, -0.2) is 0 Å². The van der Waals surface area contributed by atoms with Crippen molar-refractivity contribution in [2.24, 2.45) is 0 Å². The van der Waals surface area contributed by atoms with Crippen LogP contribution in [0.1, 0.15) is 41.6 Å². The van der Waals surface area contributed by atoms with Crippen LogP contribution < -0.4 is 0 Å². The second-order valence-corrected chi connectivity index (χ2v) is 6.94. The van der Waals surface area contributed by atoms with Crippen molar-refractivity contribution in [2.75, 3.05) is 0 Å². The molecule has 2 rings (SSSR count). The van der Waals surface area contributed by atoms with Gasteiger partial charge in [0.05, 0.1) is 0 Å². The molecule has 1 aromatic rings. The molecule has 0 bridgehead atoms. The van der Waals surface area contributed by atoms with Crippen LogP contribution in [0, 0.1) is 6.92 Å². The van der Waals surface area contributed by atoms with Crippen molar-refractivity contribution >= 4 is 25.4 Å². The second-order valence-electron chi connectivity index (χ2n) is 4.47. The number of carbonyl (C=O) groups excluding carboxylic acids is 2. The molecule has 1 fully saturated rings. The number of aryl methyl sites for hydroxylation is 1. The average Bonchev–Trinajstić information content (AvgIpc) is 2.33. The standard InChI is InChI=1S/C14H16O2Se/c1-10-6-8-11(9-7-10)14(16)17-13-5-3-2-4-12(13)15/h6-9,13H,2-5H2,1H3. The predicted molar refractivity (Wildman–Crippen MR) is 68.5 cm³/mol. The van der Waals surface area contributed by atoms with Crippen LogP contribution in [-0.2, 0) is 4.79 Å². The number of hydrogen-bond acceptors (Lipinski definition) is 2. The fourth-order valence-electron chi connectivity index (χ4n) is 1.96. The molecule has 1 unspecified atom stereocenters. The molecular weight excluding hydrogens is 279 g/mol. The van der Waals surface area contributed by atoms with Gasteiger partial charge in [-0.2, -0.15) is 0 Å². The van der Waals surface area contributed by atoms with Gasteiger partial charge in [-0.3, -0.25) is 0 Å². The summed E-state index contributed by atoms with van der Waals surface area (Å²) in [4.78, 5) is 23.8. The Bertz CT molecular complexity index is 422. The molecule has 1 saturated carbocycles. The third-order valence-corrected chi connectivity index (χ3v) is 5.62. The van der Waals surface area contributed by atoms with Gasteiger partial charge in [0.2, 0.25) is 0 Å². The van der Waals surface area contributed by atoms with E-state index in [0.29, 0.717) is 12.2 Å². The van der Waals surface area contributed by atoms with Crippen molar-refractivity contribution in [3.63, 3.8) is 0 Å². The van der Waals surface area contributed by atoms with E-state index in [1.807, 2.05) is 31.2 Å². The van der Waals surface area contributed by atoms with E-state index in [9.17, 15) is 9.59 Å². The molecule has 0 radical (unpaired) electrons. The molecule has 0 amide bonds. The summed E-state index contributed by atoms with van der Waals surface area (Å²) in [5, 5.41) is 0. The summed E-state index contributed by atoms with van der Waals surface area (Å²) >= 11 is -0.216. The van der Waals surface area contributed by atoms with Gasteiger partial charge in [0, 0.05) is 0 Å². The number of hydrogen-bond donors (Lipinski definition) is 0. The molecule has 1 atom stereocenters. The van der Waals surface area contributed by atoms with Crippen molar-refractivity contribution in [1.82, 2.24) is 0 Å². The first-order valence-electron chi connectivity index (χ1n) is 5.97. The van der Waals surface area contributed by atoms with Gasteiger partial charge in [0.25, 0.3) is 0 Å². The Hall–Kier alpha value is -0.921. The van der Waals surface area contributed by atoms with E-state index < -0.39 is 0 Å². The number of carbonyl (C=O) groups is 2. The molecule has 17 heavy (non-hydrogen) atoms. The van der Waals surface area contributed by atoms with Crippen LogP contribution >= 0.6 is 0 Å². The Kier molecular flexibility index (Phi) is 4.14. The molecule has 0 saturated heterocycles. The van der Waals surface area contributed by atoms with Crippen LogP contribution in [-0.4, -0.2) is 25.4 Å². The van der Waals surface area contributed by atoms with E-state index >= 15 is 0 Å². The van der Waals surface area contributed by atoms with E-state index in [0.717, 1.165) is 30.4 Å². The molecule has 1 aliphatic carbocycles. The summed E-state index contributed by atoms with van der Waals surface area (Å²) in [6, 6.07) is 7.64. The molecule has 3 heteroatoms. The van der Waals surface area contributed by atoms with Crippen LogP contribution in [0.2, 0.25) is 4.82 Å². The topological polar surface area (TPSA) is 34.1 Å². The number of ketones is 1. The fourth-order valence-corrected chi connectivity index (χ4v) is 4.20. The van der Waals surface area contributed by atoms with Crippen molar-refractivity contribution in [3.05, 3.63) is 35.4 Å². The quantitative estimate of drug-likeness (QED) is 0.804. The molecule has 1 aliphatic rings. The molecule has 0 aromatic heterocycles. The van der Waals surface area contributed by atoms with E-state index in [2.05, 4.69) is 0 Å². The fraction of sp³-hybridized carbons (Fsp3) is 0.429. The van der Waals surface area contributed by atoms with Crippen molar-refractivity contribution in [3.8, 4) is 0 Å². The Labute approximate surface area is 108 Å². The number of rotatable bonds is 3. The van der Waals surface area contributed by atoms with Gasteiger partial charge < -0.3 is 0 Å². The first-order valence-corrected chi connectivity index (χ1v) is 7.82. The summed E-state index contributed by atoms with van der Waals surface area (Å²) in [5.74, 6) is 0.303. The minimum absolute atomic E-state index is 0.0325. The van der Waals surface area contributed by atoms with Crippen LogP contribution in [0.5, 0.6) is 0 Å². The van der Waals surface area contributed by atoms with Crippen molar-refractivity contribution in [1.29, 1.82) is 0 Å². The molecule has 0 heterocycles.